The molecule has 4 rings (SSSR count). The SMILES string of the molecule is CCCCCN1C(=O)NC2CC(C(=O)N3CCN(c4cccc(OC)c4)CC3)CCC2C1=O. The van der Waals surface area contributed by atoms with Crippen molar-refractivity contribution in [1.82, 2.24) is 15.1 Å². The first-order valence-electron chi connectivity index (χ1n) is 12.3. The Kier molecular flexibility index (Phi) is 7.40. The number of benzene rings is 1. The molecule has 1 aliphatic carbocycles. The molecule has 3 unspecified atom stereocenters. The van der Waals surface area contributed by atoms with Gasteiger partial charge in [-0.15, -0.1) is 0 Å². The Hall–Kier alpha value is -2.77. The van der Waals surface area contributed by atoms with E-state index in [1.54, 1.807) is 7.11 Å². The Labute approximate surface area is 196 Å². The summed E-state index contributed by atoms with van der Waals surface area (Å²) in [6.07, 6.45) is 4.82. The fourth-order valence-electron chi connectivity index (χ4n) is 5.37. The summed E-state index contributed by atoms with van der Waals surface area (Å²) < 4.78 is 5.33. The van der Waals surface area contributed by atoms with Crippen molar-refractivity contribution in [3.63, 3.8) is 0 Å². The van der Waals surface area contributed by atoms with Gasteiger partial charge in [-0.2, -0.15) is 0 Å². The van der Waals surface area contributed by atoms with E-state index < -0.39 is 0 Å². The number of fused-ring (bicyclic) bond motifs is 1. The van der Waals surface area contributed by atoms with Crippen molar-refractivity contribution in [2.45, 2.75) is 51.5 Å². The number of nitrogens with zero attached hydrogens (tertiary/aromatic N) is 3. The maximum atomic E-state index is 13.3. The lowest BCUT2D eigenvalue weighted by Gasteiger charge is -2.43. The highest BCUT2D eigenvalue weighted by atomic mass is 16.5. The minimum atomic E-state index is -0.294. The molecule has 1 saturated carbocycles. The lowest BCUT2D eigenvalue weighted by molar-refractivity contribution is -0.142. The fraction of sp³-hybridized carbons (Fsp3) is 0.640. The first-order valence-corrected chi connectivity index (χ1v) is 12.3. The lowest BCUT2D eigenvalue weighted by Crippen LogP contribution is -2.62. The van der Waals surface area contributed by atoms with Crippen LogP contribution in [0, 0.1) is 11.8 Å². The zero-order valence-electron chi connectivity index (χ0n) is 19.8. The number of nitrogens with one attached hydrogen (secondary N) is 1. The van der Waals surface area contributed by atoms with Gasteiger partial charge in [-0.25, -0.2) is 4.79 Å². The summed E-state index contributed by atoms with van der Waals surface area (Å²) in [6, 6.07) is 7.47. The number of imide groups is 1. The summed E-state index contributed by atoms with van der Waals surface area (Å²) >= 11 is 0. The largest absolute Gasteiger partial charge is 0.497 e. The number of hydrogen-bond acceptors (Lipinski definition) is 5. The Morgan fingerprint density at radius 3 is 2.64 bits per heavy atom. The summed E-state index contributed by atoms with van der Waals surface area (Å²) in [7, 11) is 1.66. The number of piperazine rings is 1. The molecule has 0 bridgehead atoms. The Morgan fingerprint density at radius 1 is 1.12 bits per heavy atom. The molecule has 2 saturated heterocycles. The molecule has 1 N–H and O–H groups in total. The van der Waals surface area contributed by atoms with E-state index in [9.17, 15) is 14.4 Å². The van der Waals surface area contributed by atoms with Crippen LogP contribution in [-0.2, 0) is 9.59 Å². The van der Waals surface area contributed by atoms with E-state index in [1.165, 1.54) is 4.90 Å². The number of amides is 4. The van der Waals surface area contributed by atoms with Gasteiger partial charge in [0.15, 0.2) is 0 Å². The third kappa shape index (κ3) is 5.09. The summed E-state index contributed by atoms with van der Waals surface area (Å²) in [6.45, 7) is 5.50. The maximum Gasteiger partial charge on any atom is 0.324 e. The Morgan fingerprint density at radius 2 is 1.91 bits per heavy atom. The predicted molar refractivity (Wildman–Crippen MR) is 126 cm³/mol. The molecule has 3 fully saturated rings. The molecule has 0 radical (unpaired) electrons. The van der Waals surface area contributed by atoms with Gasteiger partial charge in [-0.05, 0) is 37.8 Å². The van der Waals surface area contributed by atoms with Crippen LogP contribution in [0.4, 0.5) is 10.5 Å². The van der Waals surface area contributed by atoms with Gasteiger partial charge in [0.05, 0.1) is 13.0 Å². The molecule has 8 heteroatoms. The number of rotatable bonds is 7. The molecule has 2 aliphatic heterocycles. The molecule has 33 heavy (non-hydrogen) atoms. The molecule has 0 aromatic heterocycles. The minimum Gasteiger partial charge on any atom is -0.497 e. The maximum absolute atomic E-state index is 13.3. The van der Waals surface area contributed by atoms with Gasteiger partial charge in [0.1, 0.15) is 5.75 Å². The van der Waals surface area contributed by atoms with Crippen LogP contribution < -0.4 is 15.0 Å². The van der Waals surface area contributed by atoms with E-state index in [0.29, 0.717) is 38.9 Å². The first kappa shape index (κ1) is 23.4. The Bertz CT molecular complexity index is 868. The summed E-state index contributed by atoms with van der Waals surface area (Å²) in [5.41, 5.74) is 1.11. The lowest BCUT2D eigenvalue weighted by atomic mass is 9.76. The van der Waals surface area contributed by atoms with Crippen LogP contribution in [0.3, 0.4) is 0 Å². The van der Waals surface area contributed by atoms with Crippen LogP contribution >= 0.6 is 0 Å². The zero-order chi connectivity index (χ0) is 23.4. The highest BCUT2D eigenvalue weighted by Crippen LogP contribution is 2.34. The first-order chi connectivity index (χ1) is 16.0. The molecule has 2 heterocycles. The number of unbranched alkanes of at least 4 members (excludes halogenated alkanes) is 2. The van der Waals surface area contributed by atoms with E-state index in [-0.39, 0.29) is 35.7 Å². The van der Waals surface area contributed by atoms with Crippen molar-refractivity contribution in [2.24, 2.45) is 11.8 Å². The average Bonchev–Trinajstić information content (AvgIpc) is 2.85. The number of carbonyl (C=O) groups excluding carboxylic acids is 3. The monoisotopic (exact) mass is 456 g/mol. The molecule has 8 nitrogen and oxygen atoms in total. The topological polar surface area (TPSA) is 82.2 Å². The van der Waals surface area contributed by atoms with Gasteiger partial charge in [0, 0.05) is 56.4 Å². The summed E-state index contributed by atoms with van der Waals surface area (Å²) in [5, 5.41) is 3.03. The smallest absolute Gasteiger partial charge is 0.324 e. The molecule has 3 aliphatic rings. The van der Waals surface area contributed by atoms with E-state index in [4.69, 9.17) is 4.74 Å². The zero-order valence-corrected chi connectivity index (χ0v) is 19.8. The third-order valence-electron chi connectivity index (χ3n) is 7.33. The Balaban J connectivity index is 1.30. The van der Waals surface area contributed by atoms with Crippen LogP contribution in [-0.4, -0.2) is 73.5 Å². The number of anilines is 1. The van der Waals surface area contributed by atoms with Crippen LogP contribution in [0.5, 0.6) is 5.75 Å². The molecule has 4 amide bonds. The average molecular weight is 457 g/mol. The van der Waals surface area contributed by atoms with Crippen molar-refractivity contribution < 1.29 is 19.1 Å². The number of methoxy groups -OCH3 is 1. The number of hydrogen-bond donors (Lipinski definition) is 1. The van der Waals surface area contributed by atoms with Crippen LogP contribution in [0.25, 0.3) is 0 Å². The van der Waals surface area contributed by atoms with Crippen molar-refractivity contribution in [3.8, 4) is 5.75 Å². The minimum absolute atomic E-state index is 0.0577. The van der Waals surface area contributed by atoms with Gasteiger partial charge in [0.25, 0.3) is 0 Å². The molecular weight excluding hydrogens is 420 g/mol. The van der Waals surface area contributed by atoms with E-state index in [2.05, 4.69) is 23.2 Å². The second kappa shape index (κ2) is 10.4. The summed E-state index contributed by atoms with van der Waals surface area (Å²) in [5.74, 6) is 0.604. The van der Waals surface area contributed by atoms with Gasteiger partial charge in [-0.3, -0.25) is 14.5 Å². The number of urea groups is 1. The van der Waals surface area contributed by atoms with Gasteiger partial charge < -0.3 is 19.9 Å². The highest BCUT2D eigenvalue weighted by molar-refractivity contribution is 5.99. The molecule has 1 aromatic rings. The quantitative estimate of drug-likeness (QED) is 0.638. The highest BCUT2D eigenvalue weighted by Gasteiger charge is 2.45. The standard InChI is InChI=1S/C25H36N4O4/c1-3-4-5-11-29-24(31)21-10-9-18(16-22(21)26-25(29)32)23(30)28-14-12-27(13-15-28)19-7-6-8-20(17-19)33-2/h6-8,17-18,21-22H,3-5,9-16H2,1-2H3,(H,26,32). The second-order valence-electron chi connectivity index (χ2n) is 9.38. The van der Waals surface area contributed by atoms with E-state index in [0.717, 1.165) is 43.8 Å². The molecule has 1 aromatic carbocycles. The van der Waals surface area contributed by atoms with Gasteiger partial charge in [-0.1, -0.05) is 25.8 Å². The molecular formula is C25H36N4O4. The van der Waals surface area contributed by atoms with Crippen LogP contribution in [0.2, 0.25) is 0 Å². The van der Waals surface area contributed by atoms with Crippen molar-refractivity contribution >= 4 is 23.5 Å². The number of carbonyl (C=O) groups is 3. The van der Waals surface area contributed by atoms with Crippen molar-refractivity contribution in [1.29, 1.82) is 0 Å². The van der Waals surface area contributed by atoms with Crippen LogP contribution in [0.1, 0.15) is 45.4 Å². The van der Waals surface area contributed by atoms with Gasteiger partial charge >= 0.3 is 6.03 Å². The molecule has 3 atom stereocenters. The molecule has 180 valence electrons. The van der Waals surface area contributed by atoms with Crippen LogP contribution in [0.15, 0.2) is 24.3 Å². The molecule has 0 spiro atoms. The third-order valence-corrected chi connectivity index (χ3v) is 7.33. The van der Waals surface area contributed by atoms with E-state index >= 15 is 0 Å². The van der Waals surface area contributed by atoms with E-state index in [1.807, 2.05) is 23.1 Å². The van der Waals surface area contributed by atoms with Gasteiger partial charge in [0.2, 0.25) is 11.8 Å². The summed E-state index contributed by atoms with van der Waals surface area (Å²) in [4.78, 5) is 44.3. The second-order valence-corrected chi connectivity index (χ2v) is 9.38. The fourth-order valence-corrected chi connectivity index (χ4v) is 5.37. The predicted octanol–water partition coefficient (Wildman–Crippen LogP) is 2.87. The normalized spacial score (nSPS) is 25.5. The van der Waals surface area contributed by atoms with Crippen molar-refractivity contribution in [3.05, 3.63) is 24.3 Å². The van der Waals surface area contributed by atoms with Crippen molar-refractivity contribution in [2.75, 3.05) is 44.7 Å². The number of ether oxygens (including phenoxy) is 1.